The Bertz CT molecular complexity index is 1260. The number of aromatic nitrogens is 2. The number of methoxy groups -OCH3 is 1. The molecule has 1 aromatic carbocycles. The van der Waals surface area contributed by atoms with Crippen molar-refractivity contribution in [2.45, 2.75) is 71.4 Å². The number of urea groups is 1. The average Bonchev–Trinajstić information content (AvgIpc) is 3.54. The fourth-order valence-corrected chi connectivity index (χ4v) is 5.35. The van der Waals surface area contributed by atoms with Crippen LogP contribution in [-0.4, -0.2) is 28.7 Å². The summed E-state index contributed by atoms with van der Waals surface area (Å²) in [6.45, 7) is 8.57. The molecule has 7 heteroatoms. The van der Waals surface area contributed by atoms with Gasteiger partial charge in [-0.05, 0) is 59.9 Å². The van der Waals surface area contributed by atoms with Crippen molar-refractivity contribution in [1.82, 2.24) is 14.9 Å². The molecule has 2 heterocycles. The van der Waals surface area contributed by atoms with E-state index >= 15 is 0 Å². The molecule has 3 aromatic rings. The van der Waals surface area contributed by atoms with Gasteiger partial charge in [0.2, 0.25) is 0 Å². The van der Waals surface area contributed by atoms with Crippen molar-refractivity contribution in [3.8, 4) is 0 Å². The number of hydrogen-bond acceptors (Lipinski definition) is 4. The first-order chi connectivity index (χ1) is 17.8. The Hall–Kier alpha value is -3.61. The predicted molar refractivity (Wildman–Crippen MR) is 149 cm³/mol. The van der Waals surface area contributed by atoms with Gasteiger partial charge in [0.25, 0.3) is 0 Å². The third kappa shape index (κ3) is 5.87. The number of hydrogen-bond donors (Lipinski definition) is 2. The Balaban J connectivity index is 1.70. The second-order valence-electron chi connectivity index (χ2n) is 10.4. The van der Waals surface area contributed by atoms with Crippen molar-refractivity contribution in [3.63, 3.8) is 0 Å². The number of esters is 1. The molecule has 1 aliphatic carbocycles. The summed E-state index contributed by atoms with van der Waals surface area (Å²) in [5.41, 5.74) is 4.78. The summed E-state index contributed by atoms with van der Waals surface area (Å²) in [6.07, 6.45) is 11.0. The Morgan fingerprint density at radius 3 is 2.35 bits per heavy atom. The summed E-state index contributed by atoms with van der Waals surface area (Å²) >= 11 is 0. The van der Waals surface area contributed by atoms with Crippen LogP contribution >= 0.6 is 0 Å². The summed E-state index contributed by atoms with van der Waals surface area (Å²) in [7, 11) is 1.36. The molecule has 0 spiro atoms. The van der Waals surface area contributed by atoms with Crippen LogP contribution < -0.4 is 10.6 Å². The summed E-state index contributed by atoms with van der Waals surface area (Å²) in [4.78, 5) is 30.0. The van der Waals surface area contributed by atoms with Crippen LogP contribution in [0.4, 0.5) is 10.5 Å². The highest BCUT2D eigenvalue weighted by Crippen LogP contribution is 2.36. The lowest BCUT2D eigenvalue weighted by Gasteiger charge is -2.28. The first-order valence-corrected chi connectivity index (χ1v) is 13.2. The number of fused-ring (bicyclic) bond motifs is 1. The van der Waals surface area contributed by atoms with Gasteiger partial charge in [-0.2, -0.15) is 0 Å². The molecule has 1 atom stereocenters. The van der Waals surface area contributed by atoms with E-state index in [4.69, 9.17) is 4.74 Å². The van der Waals surface area contributed by atoms with E-state index < -0.39 is 5.97 Å². The molecule has 0 aliphatic heterocycles. The van der Waals surface area contributed by atoms with Crippen LogP contribution in [-0.2, 0) is 9.53 Å². The highest BCUT2D eigenvalue weighted by molar-refractivity contribution is 5.94. The van der Waals surface area contributed by atoms with Gasteiger partial charge in [0, 0.05) is 35.1 Å². The topological polar surface area (TPSA) is 85.2 Å². The van der Waals surface area contributed by atoms with Crippen LogP contribution in [0.1, 0.15) is 88.1 Å². The highest BCUT2D eigenvalue weighted by Gasteiger charge is 2.30. The SMILES string of the molecule is COC(=O)C=Cc1cn(C(NC(=O)Nc2c(C(C)C)cccc2C(C)C)C2CCCC2)c2ncccc12. The standard InChI is InChI=1S/C30H38N4O3/c1-19(2)23-12-8-13-24(20(3)4)27(23)32-30(36)33-28(21-10-6-7-11-21)34-18-22(15-16-26(35)37-5)25-14-9-17-31-29(25)34/h8-9,12-21,28H,6-7,10-11H2,1-5H3,(H2,32,33,36). The quantitative estimate of drug-likeness (QED) is 0.257. The van der Waals surface area contributed by atoms with Crippen LogP contribution in [0.3, 0.4) is 0 Å². The van der Waals surface area contributed by atoms with Crippen molar-refractivity contribution >= 4 is 34.8 Å². The molecule has 1 saturated carbocycles. The minimum Gasteiger partial charge on any atom is -0.466 e. The molecule has 4 rings (SSSR count). The Morgan fingerprint density at radius 1 is 1.05 bits per heavy atom. The van der Waals surface area contributed by atoms with Crippen molar-refractivity contribution < 1.29 is 14.3 Å². The molecule has 1 aliphatic rings. The van der Waals surface area contributed by atoms with E-state index in [-0.39, 0.29) is 30.0 Å². The smallest absolute Gasteiger partial charge is 0.330 e. The van der Waals surface area contributed by atoms with Crippen LogP contribution in [0.25, 0.3) is 17.1 Å². The minimum absolute atomic E-state index is 0.226. The summed E-state index contributed by atoms with van der Waals surface area (Å²) in [6, 6.07) is 9.87. The van der Waals surface area contributed by atoms with Gasteiger partial charge in [0.1, 0.15) is 11.8 Å². The van der Waals surface area contributed by atoms with E-state index in [0.29, 0.717) is 0 Å². The lowest BCUT2D eigenvalue weighted by atomic mass is 9.93. The van der Waals surface area contributed by atoms with Crippen LogP contribution in [0.2, 0.25) is 0 Å². The van der Waals surface area contributed by atoms with Gasteiger partial charge in [-0.3, -0.25) is 0 Å². The lowest BCUT2D eigenvalue weighted by Crippen LogP contribution is -2.39. The molecule has 0 saturated heterocycles. The molecule has 37 heavy (non-hydrogen) atoms. The number of amides is 2. The van der Waals surface area contributed by atoms with E-state index in [0.717, 1.165) is 59.1 Å². The second kappa shape index (κ2) is 11.6. The van der Waals surface area contributed by atoms with E-state index in [1.807, 2.05) is 18.3 Å². The number of benzene rings is 1. The number of rotatable bonds is 8. The number of para-hydroxylation sites is 1. The summed E-state index contributed by atoms with van der Waals surface area (Å²) in [5.74, 6) is 0.424. The fourth-order valence-electron chi connectivity index (χ4n) is 5.35. The number of nitrogens with zero attached hydrogens (tertiary/aromatic N) is 2. The molecule has 2 aromatic heterocycles. The molecule has 1 unspecified atom stereocenters. The normalized spacial score (nSPS) is 15.1. The first kappa shape index (κ1) is 26.5. The predicted octanol–water partition coefficient (Wildman–Crippen LogP) is 6.98. The Labute approximate surface area is 219 Å². The molecular formula is C30H38N4O3. The monoisotopic (exact) mass is 502 g/mol. The Morgan fingerprint density at radius 2 is 1.73 bits per heavy atom. The Kier molecular flexibility index (Phi) is 8.31. The molecular weight excluding hydrogens is 464 g/mol. The minimum atomic E-state index is -0.417. The van der Waals surface area contributed by atoms with Crippen molar-refractivity contribution in [2.75, 3.05) is 12.4 Å². The molecule has 2 N–H and O–H groups in total. The van der Waals surface area contributed by atoms with E-state index in [2.05, 4.69) is 66.1 Å². The number of ether oxygens (including phenoxy) is 1. The van der Waals surface area contributed by atoms with Gasteiger partial charge in [-0.1, -0.05) is 58.7 Å². The van der Waals surface area contributed by atoms with Gasteiger partial charge < -0.3 is 19.9 Å². The van der Waals surface area contributed by atoms with Gasteiger partial charge >= 0.3 is 12.0 Å². The van der Waals surface area contributed by atoms with Crippen LogP contribution in [0.15, 0.2) is 48.8 Å². The third-order valence-electron chi connectivity index (χ3n) is 7.26. The number of carbonyl (C=O) groups excluding carboxylic acids is 2. The van der Waals surface area contributed by atoms with E-state index in [1.54, 1.807) is 12.3 Å². The second-order valence-corrected chi connectivity index (χ2v) is 10.4. The van der Waals surface area contributed by atoms with E-state index in [9.17, 15) is 9.59 Å². The van der Waals surface area contributed by atoms with Gasteiger partial charge in [-0.25, -0.2) is 14.6 Å². The third-order valence-corrected chi connectivity index (χ3v) is 7.26. The zero-order chi connectivity index (χ0) is 26.5. The fraction of sp³-hybridized carbons (Fsp3) is 0.433. The van der Waals surface area contributed by atoms with Gasteiger partial charge in [0.05, 0.1) is 7.11 Å². The zero-order valence-corrected chi connectivity index (χ0v) is 22.5. The molecule has 2 amide bonds. The lowest BCUT2D eigenvalue weighted by molar-refractivity contribution is -0.134. The molecule has 7 nitrogen and oxygen atoms in total. The number of anilines is 1. The maximum atomic E-state index is 13.6. The number of nitrogens with one attached hydrogen (secondary N) is 2. The molecule has 0 radical (unpaired) electrons. The summed E-state index contributed by atoms with van der Waals surface area (Å²) in [5, 5.41) is 7.42. The number of pyridine rings is 1. The zero-order valence-electron chi connectivity index (χ0n) is 22.5. The van der Waals surface area contributed by atoms with E-state index in [1.165, 1.54) is 13.2 Å². The van der Waals surface area contributed by atoms with Crippen molar-refractivity contribution in [3.05, 3.63) is 65.5 Å². The van der Waals surface area contributed by atoms with Gasteiger partial charge in [-0.15, -0.1) is 0 Å². The first-order valence-electron chi connectivity index (χ1n) is 13.2. The van der Waals surface area contributed by atoms with Crippen molar-refractivity contribution in [2.24, 2.45) is 5.92 Å². The van der Waals surface area contributed by atoms with Crippen molar-refractivity contribution in [1.29, 1.82) is 0 Å². The van der Waals surface area contributed by atoms with Crippen LogP contribution in [0.5, 0.6) is 0 Å². The largest absolute Gasteiger partial charge is 0.466 e. The molecule has 1 fully saturated rings. The summed E-state index contributed by atoms with van der Waals surface area (Å²) < 4.78 is 6.82. The highest BCUT2D eigenvalue weighted by atomic mass is 16.5. The number of carbonyl (C=O) groups is 2. The maximum absolute atomic E-state index is 13.6. The van der Waals surface area contributed by atoms with Gasteiger partial charge in [0.15, 0.2) is 0 Å². The molecule has 196 valence electrons. The maximum Gasteiger partial charge on any atom is 0.330 e. The van der Waals surface area contributed by atoms with Crippen LogP contribution in [0, 0.1) is 5.92 Å². The molecule has 0 bridgehead atoms. The average molecular weight is 503 g/mol.